The molecule has 2 N–H and O–H groups in total. The van der Waals surface area contributed by atoms with E-state index in [0.717, 1.165) is 11.3 Å². The molecule has 20 heavy (non-hydrogen) atoms. The molecule has 0 aliphatic carbocycles. The minimum atomic E-state index is -3.85. The molecule has 1 heterocycles. The molecule has 0 fully saturated rings. The van der Waals surface area contributed by atoms with Crippen molar-refractivity contribution in [3.63, 3.8) is 0 Å². The summed E-state index contributed by atoms with van der Waals surface area (Å²) in [4.78, 5) is 11.2. The first-order chi connectivity index (χ1) is 9.33. The number of thiophene rings is 1. The Bertz CT molecular complexity index is 770. The lowest BCUT2D eigenvalue weighted by molar-refractivity contribution is 0.0698. The van der Waals surface area contributed by atoms with Gasteiger partial charge in [-0.2, -0.15) is 0 Å². The number of aromatic carboxylic acids is 1. The van der Waals surface area contributed by atoms with Crippen LogP contribution >= 0.6 is 43.2 Å². The molecule has 0 spiro atoms. The van der Waals surface area contributed by atoms with Crippen molar-refractivity contribution in [2.45, 2.75) is 4.21 Å². The van der Waals surface area contributed by atoms with Gasteiger partial charge in [0.05, 0.1) is 11.3 Å². The monoisotopic (exact) mass is 439 g/mol. The molecule has 0 amide bonds. The largest absolute Gasteiger partial charge is 0.478 e. The summed E-state index contributed by atoms with van der Waals surface area (Å²) in [6.45, 7) is 0. The zero-order valence-corrected chi connectivity index (χ0v) is 14.4. The molecule has 2 rings (SSSR count). The van der Waals surface area contributed by atoms with E-state index in [0.29, 0.717) is 8.95 Å². The molecule has 106 valence electrons. The Balaban J connectivity index is 2.50. The fraction of sp³-hybridized carbons (Fsp3) is 0. The third kappa shape index (κ3) is 3.05. The molecule has 0 aliphatic heterocycles. The Morgan fingerprint density at radius 3 is 2.45 bits per heavy atom. The van der Waals surface area contributed by atoms with E-state index in [-0.39, 0.29) is 15.5 Å². The van der Waals surface area contributed by atoms with Gasteiger partial charge >= 0.3 is 5.97 Å². The molecule has 0 aliphatic rings. The van der Waals surface area contributed by atoms with Crippen molar-refractivity contribution in [1.29, 1.82) is 0 Å². The number of hydrogen-bond donors (Lipinski definition) is 2. The lowest BCUT2D eigenvalue weighted by Crippen LogP contribution is -2.15. The van der Waals surface area contributed by atoms with E-state index in [2.05, 4.69) is 36.6 Å². The van der Waals surface area contributed by atoms with Crippen LogP contribution in [0.5, 0.6) is 0 Å². The molecular formula is C11H7Br2NO4S2. The average Bonchev–Trinajstić information content (AvgIpc) is 2.78. The van der Waals surface area contributed by atoms with Crippen LogP contribution in [-0.2, 0) is 10.0 Å². The van der Waals surface area contributed by atoms with Gasteiger partial charge in [-0.15, -0.1) is 11.3 Å². The number of benzene rings is 1. The van der Waals surface area contributed by atoms with Crippen molar-refractivity contribution in [1.82, 2.24) is 0 Å². The van der Waals surface area contributed by atoms with Crippen LogP contribution in [0.3, 0.4) is 0 Å². The number of anilines is 1. The Labute approximate surface area is 135 Å². The Kier molecular flexibility index (Phi) is 4.52. The summed E-state index contributed by atoms with van der Waals surface area (Å²) >= 11 is 7.33. The SMILES string of the molecule is O=C(O)c1cccc(Br)c1NS(=O)(=O)c1sccc1Br. The van der Waals surface area contributed by atoms with E-state index < -0.39 is 16.0 Å². The van der Waals surface area contributed by atoms with Crippen LogP contribution < -0.4 is 4.72 Å². The number of sulfonamides is 1. The van der Waals surface area contributed by atoms with Crippen molar-refractivity contribution >= 4 is 64.9 Å². The highest BCUT2D eigenvalue weighted by Gasteiger charge is 2.23. The summed E-state index contributed by atoms with van der Waals surface area (Å²) in [5, 5.41) is 10.7. The third-order valence-corrected chi connectivity index (χ3v) is 6.99. The summed E-state index contributed by atoms with van der Waals surface area (Å²) in [5.41, 5.74) is -0.129. The van der Waals surface area contributed by atoms with Gasteiger partial charge in [-0.05, 0) is 55.4 Å². The predicted molar refractivity (Wildman–Crippen MR) is 83.9 cm³/mol. The molecule has 9 heteroatoms. The zero-order chi connectivity index (χ0) is 14.9. The summed E-state index contributed by atoms with van der Waals surface area (Å²) in [6.07, 6.45) is 0. The standard InChI is InChI=1S/C11H7Br2NO4S2/c12-7-3-1-2-6(10(15)16)9(7)14-20(17,18)11-8(13)4-5-19-11/h1-5,14H,(H,15,16). The van der Waals surface area contributed by atoms with E-state index >= 15 is 0 Å². The van der Waals surface area contributed by atoms with Crippen LogP contribution in [0.2, 0.25) is 0 Å². The first-order valence-electron chi connectivity index (χ1n) is 5.10. The quantitative estimate of drug-likeness (QED) is 0.757. The van der Waals surface area contributed by atoms with Crippen molar-refractivity contribution < 1.29 is 18.3 Å². The molecule has 1 aromatic carbocycles. The molecular weight excluding hydrogens is 434 g/mol. The first kappa shape index (κ1) is 15.5. The summed E-state index contributed by atoms with van der Waals surface area (Å²) < 4.78 is 27.7. The molecule has 0 saturated carbocycles. The molecule has 0 radical (unpaired) electrons. The van der Waals surface area contributed by atoms with Crippen LogP contribution in [0.15, 0.2) is 42.8 Å². The van der Waals surface area contributed by atoms with E-state index in [9.17, 15) is 13.2 Å². The smallest absolute Gasteiger partial charge is 0.337 e. The number of halogens is 2. The maximum Gasteiger partial charge on any atom is 0.337 e. The molecule has 2 aromatic rings. The van der Waals surface area contributed by atoms with E-state index in [1.807, 2.05) is 0 Å². The fourth-order valence-electron chi connectivity index (χ4n) is 1.46. The Morgan fingerprint density at radius 1 is 1.20 bits per heavy atom. The third-order valence-electron chi connectivity index (χ3n) is 2.31. The number of nitrogens with one attached hydrogen (secondary N) is 1. The molecule has 0 bridgehead atoms. The van der Waals surface area contributed by atoms with Crippen molar-refractivity contribution in [3.05, 3.63) is 44.2 Å². The average molecular weight is 441 g/mol. The lowest BCUT2D eigenvalue weighted by atomic mass is 10.2. The fourth-order valence-corrected chi connectivity index (χ4v) is 5.49. The first-order valence-corrected chi connectivity index (χ1v) is 9.05. The van der Waals surface area contributed by atoms with Crippen molar-refractivity contribution in [2.24, 2.45) is 0 Å². The predicted octanol–water partition coefficient (Wildman–Crippen LogP) is 3.77. The number of carbonyl (C=O) groups is 1. The highest BCUT2D eigenvalue weighted by molar-refractivity contribution is 9.11. The molecule has 0 saturated heterocycles. The van der Waals surface area contributed by atoms with Gasteiger partial charge in [0.2, 0.25) is 0 Å². The van der Waals surface area contributed by atoms with Gasteiger partial charge in [-0.1, -0.05) is 6.07 Å². The minimum absolute atomic E-state index is 0.000278. The second kappa shape index (κ2) is 5.84. The van der Waals surface area contributed by atoms with Crippen LogP contribution in [0.25, 0.3) is 0 Å². The van der Waals surface area contributed by atoms with Gasteiger partial charge in [0, 0.05) is 8.95 Å². The number of carboxylic acid groups (broad SMARTS) is 1. The number of para-hydroxylation sites is 1. The zero-order valence-electron chi connectivity index (χ0n) is 9.63. The topological polar surface area (TPSA) is 83.5 Å². The second-order valence-electron chi connectivity index (χ2n) is 3.63. The van der Waals surface area contributed by atoms with Crippen molar-refractivity contribution in [3.8, 4) is 0 Å². The Hall–Kier alpha value is -0.900. The molecule has 0 unspecified atom stereocenters. The van der Waals surface area contributed by atoms with Crippen LogP contribution in [0, 0.1) is 0 Å². The van der Waals surface area contributed by atoms with Gasteiger partial charge in [-0.3, -0.25) is 4.72 Å². The second-order valence-corrected chi connectivity index (χ2v) is 8.13. The number of carboxylic acids is 1. The maximum atomic E-state index is 12.3. The maximum absolute atomic E-state index is 12.3. The normalized spacial score (nSPS) is 11.3. The molecule has 1 aromatic heterocycles. The van der Waals surface area contributed by atoms with Crippen LogP contribution in [0.1, 0.15) is 10.4 Å². The summed E-state index contributed by atoms with van der Waals surface area (Å²) in [5.74, 6) is -1.21. The summed E-state index contributed by atoms with van der Waals surface area (Å²) in [7, 11) is -3.85. The van der Waals surface area contributed by atoms with Crippen LogP contribution in [0.4, 0.5) is 5.69 Å². The number of hydrogen-bond acceptors (Lipinski definition) is 4. The van der Waals surface area contributed by atoms with Gasteiger partial charge in [0.25, 0.3) is 10.0 Å². The molecule has 5 nitrogen and oxygen atoms in total. The van der Waals surface area contributed by atoms with Crippen molar-refractivity contribution in [2.75, 3.05) is 4.72 Å². The molecule has 0 atom stereocenters. The highest BCUT2D eigenvalue weighted by atomic mass is 79.9. The minimum Gasteiger partial charge on any atom is -0.478 e. The van der Waals surface area contributed by atoms with Gasteiger partial charge in [0.15, 0.2) is 4.21 Å². The van der Waals surface area contributed by atoms with Crippen LogP contribution in [-0.4, -0.2) is 19.5 Å². The summed E-state index contributed by atoms with van der Waals surface area (Å²) in [6, 6.07) is 6.02. The Morgan fingerprint density at radius 2 is 1.90 bits per heavy atom. The van der Waals surface area contributed by atoms with Gasteiger partial charge < -0.3 is 5.11 Å². The number of rotatable bonds is 4. The lowest BCUT2D eigenvalue weighted by Gasteiger charge is -2.11. The van der Waals surface area contributed by atoms with Gasteiger partial charge in [-0.25, -0.2) is 13.2 Å². The highest BCUT2D eigenvalue weighted by Crippen LogP contribution is 2.33. The van der Waals surface area contributed by atoms with E-state index in [1.165, 1.54) is 12.1 Å². The van der Waals surface area contributed by atoms with Gasteiger partial charge in [0.1, 0.15) is 0 Å². The van der Waals surface area contributed by atoms with E-state index in [1.54, 1.807) is 17.5 Å². The van der Waals surface area contributed by atoms with E-state index in [4.69, 9.17) is 5.11 Å².